The number of carbonyl (C=O) groups is 2. The number of likely N-dealkylation sites (tertiary alicyclic amines) is 1. The Balaban J connectivity index is 1.48. The van der Waals surface area contributed by atoms with Gasteiger partial charge in [-0.3, -0.25) is 9.69 Å². The number of amides is 2. The van der Waals surface area contributed by atoms with Gasteiger partial charge in [0.2, 0.25) is 5.91 Å². The number of rotatable bonds is 6. The van der Waals surface area contributed by atoms with Crippen molar-refractivity contribution in [3.8, 4) is 5.75 Å². The molecule has 2 aliphatic heterocycles. The predicted molar refractivity (Wildman–Crippen MR) is 116 cm³/mol. The monoisotopic (exact) mass is 495 g/mol. The Morgan fingerprint density at radius 1 is 1.38 bits per heavy atom. The standard InChI is InChI=1S/C22H24ClF2N5O4/c1-28-19(20(24)25)14(26-27-28)10-34-16-3-2-13(23)12-4-7-30(21(32)33)15(18(12)16)9-29-11-22(5-6-22)8-17(29)31/h2-3,15,20H,4-11H2,1H3,(H,32,33)/t15-/m1/s1. The second-order valence-electron chi connectivity index (χ2n) is 9.26. The highest BCUT2D eigenvalue weighted by Crippen LogP contribution is 2.53. The van der Waals surface area contributed by atoms with Crippen LogP contribution in [0.5, 0.6) is 5.75 Å². The van der Waals surface area contributed by atoms with Gasteiger partial charge in [-0.25, -0.2) is 18.3 Å². The first-order valence-electron chi connectivity index (χ1n) is 11.1. The number of carboxylic acid groups (broad SMARTS) is 1. The van der Waals surface area contributed by atoms with Crippen LogP contribution in [0.15, 0.2) is 12.1 Å². The van der Waals surface area contributed by atoms with Gasteiger partial charge < -0.3 is 14.7 Å². The summed E-state index contributed by atoms with van der Waals surface area (Å²) < 4.78 is 33.8. The molecule has 182 valence electrons. The lowest BCUT2D eigenvalue weighted by molar-refractivity contribution is -0.128. The van der Waals surface area contributed by atoms with E-state index < -0.39 is 18.6 Å². The van der Waals surface area contributed by atoms with Gasteiger partial charge in [0.1, 0.15) is 23.7 Å². The maximum atomic E-state index is 13.4. The van der Waals surface area contributed by atoms with Gasteiger partial charge in [0.15, 0.2) is 0 Å². The number of benzene rings is 1. The lowest BCUT2D eigenvalue weighted by Crippen LogP contribution is -2.45. The SMILES string of the molecule is Cn1nnc(COc2ccc(Cl)c3c2[C@@H](CN2CC4(CC4)CC2=O)N(C(=O)O)CC3)c1C(F)F. The maximum absolute atomic E-state index is 13.4. The smallest absolute Gasteiger partial charge is 0.407 e. The van der Waals surface area contributed by atoms with Gasteiger partial charge in [-0.05, 0) is 42.4 Å². The van der Waals surface area contributed by atoms with Crippen molar-refractivity contribution >= 4 is 23.6 Å². The molecule has 1 saturated carbocycles. The van der Waals surface area contributed by atoms with E-state index in [4.69, 9.17) is 16.3 Å². The van der Waals surface area contributed by atoms with Crippen molar-refractivity contribution in [2.75, 3.05) is 19.6 Å². The third-order valence-corrected chi connectivity index (χ3v) is 7.44. The van der Waals surface area contributed by atoms with Crippen LogP contribution in [0, 0.1) is 5.41 Å². The summed E-state index contributed by atoms with van der Waals surface area (Å²) in [5.41, 5.74) is 0.988. The number of carbonyl (C=O) groups excluding carboxylic acids is 1. The number of nitrogens with zero attached hydrogens (tertiary/aromatic N) is 5. The average molecular weight is 496 g/mol. The fourth-order valence-corrected chi connectivity index (χ4v) is 5.38. The van der Waals surface area contributed by atoms with Crippen LogP contribution in [-0.4, -0.2) is 61.5 Å². The van der Waals surface area contributed by atoms with E-state index in [1.165, 1.54) is 11.9 Å². The van der Waals surface area contributed by atoms with Crippen LogP contribution in [0.25, 0.3) is 0 Å². The Morgan fingerprint density at radius 3 is 2.79 bits per heavy atom. The van der Waals surface area contributed by atoms with Gasteiger partial charge >= 0.3 is 6.09 Å². The summed E-state index contributed by atoms with van der Waals surface area (Å²) in [6.45, 7) is 0.749. The fourth-order valence-electron chi connectivity index (χ4n) is 5.12. The Kier molecular flexibility index (Phi) is 5.62. The highest BCUT2D eigenvalue weighted by Gasteiger charge is 2.52. The van der Waals surface area contributed by atoms with Crippen LogP contribution < -0.4 is 4.74 Å². The van der Waals surface area contributed by atoms with Crippen LogP contribution in [0.1, 0.15) is 54.2 Å². The zero-order valence-corrected chi connectivity index (χ0v) is 19.3. The quantitative estimate of drug-likeness (QED) is 0.657. The number of halogens is 3. The van der Waals surface area contributed by atoms with Crippen molar-refractivity contribution < 1.29 is 28.2 Å². The minimum atomic E-state index is -2.77. The molecule has 1 spiro atoms. The van der Waals surface area contributed by atoms with E-state index in [1.54, 1.807) is 17.0 Å². The molecule has 12 heteroatoms. The first kappa shape index (κ1) is 22.8. The van der Waals surface area contributed by atoms with Crippen LogP contribution >= 0.6 is 11.6 Å². The van der Waals surface area contributed by atoms with E-state index in [0.717, 1.165) is 23.1 Å². The zero-order valence-electron chi connectivity index (χ0n) is 18.5. The minimum absolute atomic E-state index is 0.00551. The largest absolute Gasteiger partial charge is 0.487 e. The molecule has 0 unspecified atom stereocenters. The first-order valence-corrected chi connectivity index (χ1v) is 11.4. The fraction of sp³-hybridized carbons (Fsp3) is 0.545. The molecule has 2 fully saturated rings. The number of hydrogen-bond donors (Lipinski definition) is 1. The predicted octanol–water partition coefficient (Wildman–Crippen LogP) is 3.57. The molecule has 1 aromatic heterocycles. The minimum Gasteiger partial charge on any atom is -0.487 e. The second-order valence-corrected chi connectivity index (χ2v) is 9.67. The number of ether oxygens (including phenoxy) is 1. The van der Waals surface area contributed by atoms with Crippen LogP contribution in [0.4, 0.5) is 13.6 Å². The van der Waals surface area contributed by atoms with E-state index >= 15 is 0 Å². The number of aromatic nitrogens is 3. The van der Waals surface area contributed by atoms with Gasteiger partial charge in [-0.2, -0.15) is 0 Å². The molecule has 5 rings (SSSR count). The summed E-state index contributed by atoms with van der Waals surface area (Å²) in [6.07, 6.45) is -1.01. The summed E-state index contributed by atoms with van der Waals surface area (Å²) >= 11 is 6.47. The van der Waals surface area contributed by atoms with Crippen molar-refractivity contribution in [2.45, 2.75) is 44.8 Å². The molecular weight excluding hydrogens is 472 g/mol. The van der Waals surface area contributed by atoms with Gasteiger partial charge in [-0.15, -0.1) is 5.10 Å². The summed E-state index contributed by atoms with van der Waals surface area (Å²) in [5.74, 6) is 0.342. The van der Waals surface area contributed by atoms with Crippen molar-refractivity contribution in [3.05, 3.63) is 39.7 Å². The molecule has 0 bridgehead atoms. The number of hydrogen-bond acceptors (Lipinski definition) is 5. The molecule has 3 aliphatic rings. The summed E-state index contributed by atoms with van der Waals surface area (Å²) in [5, 5.41) is 17.8. The van der Waals surface area contributed by atoms with Gasteiger partial charge in [0.25, 0.3) is 6.43 Å². The van der Waals surface area contributed by atoms with E-state index in [9.17, 15) is 23.5 Å². The molecule has 2 aromatic rings. The molecule has 34 heavy (non-hydrogen) atoms. The number of alkyl halides is 2. The van der Waals surface area contributed by atoms with Crippen molar-refractivity contribution in [1.82, 2.24) is 24.8 Å². The van der Waals surface area contributed by atoms with Crippen LogP contribution in [-0.2, 0) is 24.9 Å². The zero-order chi connectivity index (χ0) is 24.2. The highest BCUT2D eigenvalue weighted by atomic mass is 35.5. The highest BCUT2D eigenvalue weighted by molar-refractivity contribution is 6.31. The molecule has 9 nitrogen and oxygen atoms in total. The second kappa shape index (κ2) is 8.37. The number of fused-ring (bicyclic) bond motifs is 1. The summed E-state index contributed by atoms with van der Waals surface area (Å²) in [4.78, 5) is 27.8. The Hall–Kier alpha value is -2.95. The Labute approximate surface area is 199 Å². The topological polar surface area (TPSA) is 101 Å². The Morgan fingerprint density at radius 2 is 2.15 bits per heavy atom. The summed E-state index contributed by atoms with van der Waals surface area (Å²) in [6, 6.07) is 2.56. The van der Waals surface area contributed by atoms with Crippen LogP contribution in [0.2, 0.25) is 5.02 Å². The molecule has 0 radical (unpaired) electrons. The lowest BCUT2D eigenvalue weighted by Gasteiger charge is -2.38. The molecule has 1 aromatic carbocycles. The van der Waals surface area contributed by atoms with E-state index in [1.807, 2.05) is 0 Å². The molecule has 3 heterocycles. The molecule has 2 amide bonds. The molecule has 1 atom stereocenters. The molecule has 1 saturated heterocycles. The third kappa shape index (κ3) is 3.95. The molecule has 1 aliphatic carbocycles. The van der Waals surface area contributed by atoms with Gasteiger partial charge in [0.05, 0.1) is 6.04 Å². The summed E-state index contributed by atoms with van der Waals surface area (Å²) in [7, 11) is 1.38. The maximum Gasteiger partial charge on any atom is 0.407 e. The number of aryl methyl sites for hydroxylation is 1. The lowest BCUT2D eigenvalue weighted by atomic mass is 9.91. The molecule has 1 N–H and O–H groups in total. The normalized spacial score (nSPS) is 20.9. The van der Waals surface area contributed by atoms with E-state index in [2.05, 4.69) is 10.3 Å². The molecular formula is C22H24ClF2N5O4. The van der Waals surface area contributed by atoms with Gasteiger partial charge in [-0.1, -0.05) is 16.8 Å². The van der Waals surface area contributed by atoms with Crippen molar-refractivity contribution in [3.63, 3.8) is 0 Å². The van der Waals surface area contributed by atoms with Crippen LogP contribution in [0.3, 0.4) is 0 Å². The third-order valence-electron chi connectivity index (χ3n) is 7.09. The van der Waals surface area contributed by atoms with Crippen molar-refractivity contribution in [2.24, 2.45) is 12.5 Å². The Bertz CT molecular complexity index is 1150. The average Bonchev–Trinajstić information content (AvgIpc) is 3.31. The van der Waals surface area contributed by atoms with E-state index in [-0.39, 0.29) is 42.4 Å². The first-order chi connectivity index (χ1) is 16.2. The van der Waals surface area contributed by atoms with Gasteiger partial charge in [0, 0.05) is 43.7 Å². The van der Waals surface area contributed by atoms with Crippen molar-refractivity contribution in [1.29, 1.82) is 0 Å². The van der Waals surface area contributed by atoms with E-state index in [0.29, 0.717) is 35.7 Å².